The Morgan fingerprint density at radius 2 is 2.00 bits per heavy atom. The molecule has 1 aliphatic carbocycles. The Hall–Kier alpha value is -1.86. The summed E-state index contributed by atoms with van der Waals surface area (Å²) in [7, 11) is 0. The lowest BCUT2D eigenvalue weighted by Crippen LogP contribution is -2.32. The highest BCUT2D eigenvalue weighted by Gasteiger charge is 2.48. The van der Waals surface area contributed by atoms with E-state index in [0.717, 1.165) is 37.7 Å². The van der Waals surface area contributed by atoms with Crippen LogP contribution >= 0.6 is 0 Å². The first-order valence-corrected chi connectivity index (χ1v) is 8.20. The van der Waals surface area contributed by atoms with Crippen LogP contribution in [0.15, 0.2) is 24.3 Å². The molecule has 2 saturated heterocycles. The highest BCUT2D eigenvalue weighted by atomic mass is 16.2. The lowest BCUT2D eigenvalue weighted by molar-refractivity contribution is -0.117. The Bertz CT molecular complexity index is 629. The van der Waals surface area contributed by atoms with Gasteiger partial charge in [-0.3, -0.25) is 4.79 Å². The maximum Gasteiger partial charge on any atom is 0.227 e. The van der Waals surface area contributed by atoms with Crippen LogP contribution in [-0.2, 0) is 4.79 Å². The number of benzene rings is 1. The van der Waals surface area contributed by atoms with Crippen molar-refractivity contribution in [2.45, 2.75) is 25.7 Å². The number of carbonyl (C=O) groups excluding carboxylic acids is 1. The molecule has 0 bridgehead atoms. The minimum absolute atomic E-state index is 0.153. The van der Waals surface area contributed by atoms with Crippen molar-refractivity contribution in [3.8, 4) is 6.07 Å². The van der Waals surface area contributed by atoms with Crippen molar-refractivity contribution in [2.24, 2.45) is 11.3 Å². The van der Waals surface area contributed by atoms with Gasteiger partial charge in [-0.15, -0.1) is 0 Å². The predicted octanol–water partition coefficient (Wildman–Crippen LogP) is 2.40. The third kappa shape index (κ3) is 2.50. The molecule has 4 heteroatoms. The SMILES string of the molecule is N#Cc1ccc(N2C[C@@]3(CCN(CC4CC4)C3)CC2=O)cc1. The van der Waals surface area contributed by atoms with E-state index in [4.69, 9.17) is 5.26 Å². The van der Waals surface area contributed by atoms with Gasteiger partial charge in [0.1, 0.15) is 0 Å². The molecule has 1 saturated carbocycles. The largest absolute Gasteiger partial charge is 0.312 e. The molecular formula is C18H21N3O. The highest BCUT2D eigenvalue weighted by Crippen LogP contribution is 2.43. The van der Waals surface area contributed by atoms with Crippen LogP contribution in [0.2, 0.25) is 0 Å². The van der Waals surface area contributed by atoms with Gasteiger partial charge in [-0.2, -0.15) is 5.26 Å². The zero-order chi connectivity index (χ0) is 15.2. The summed E-state index contributed by atoms with van der Waals surface area (Å²) in [4.78, 5) is 17.0. The minimum atomic E-state index is 0.153. The van der Waals surface area contributed by atoms with Crippen molar-refractivity contribution in [3.63, 3.8) is 0 Å². The molecule has 1 aromatic rings. The lowest BCUT2D eigenvalue weighted by atomic mass is 9.86. The highest BCUT2D eigenvalue weighted by molar-refractivity contribution is 5.96. The van der Waals surface area contributed by atoms with E-state index in [1.165, 1.54) is 19.4 Å². The maximum absolute atomic E-state index is 12.5. The molecule has 0 aromatic heterocycles. The zero-order valence-corrected chi connectivity index (χ0v) is 12.8. The molecule has 22 heavy (non-hydrogen) atoms. The van der Waals surface area contributed by atoms with Crippen LogP contribution in [0.5, 0.6) is 0 Å². The Labute approximate surface area is 131 Å². The summed E-state index contributed by atoms with van der Waals surface area (Å²) in [6.07, 6.45) is 4.59. The summed E-state index contributed by atoms with van der Waals surface area (Å²) >= 11 is 0. The molecule has 0 radical (unpaired) electrons. The first-order valence-electron chi connectivity index (χ1n) is 8.20. The quantitative estimate of drug-likeness (QED) is 0.860. The fraction of sp³-hybridized carbons (Fsp3) is 0.556. The molecule has 3 fully saturated rings. The third-order valence-electron chi connectivity index (χ3n) is 5.36. The van der Waals surface area contributed by atoms with Crippen molar-refractivity contribution in [1.82, 2.24) is 4.90 Å². The van der Waals surface area contributed by atoms with E-state index >= 15 is 0 Å². The number of hydrogen-bond donors (Lipinski definition) is 0. The molecule has 1 aromatic carbocycles. The second-order valence-corrected chi connectivity index (χ2v) is 7.24. The monoisotopic (exact) mass is 295 g/mol. The van der Waals surface area contributed by atoms with E-state index in [0.29, 0.717) is 12.0 Å². The second-order valence-electron chi connectivity index (χ2n) is 7.24. The molecule has 4 nitrogen and oxygen atoms in total. The number of likely N-dealkylation sites (tertiary alicyclic amines) is 1. The Balaban J connectivity index is 1.47. The molecule has 1 atom stereocenters. The van der Waals surface area contributed by atoms with Crippen LogP contribution in [0.1, 0.15) is 31.2 Å². The van der Waals surface area contributed by atoms with Gasteiger partial charge in [0.15, 0.2) is 0 Å². The number of anilines is 1. The van der Waals surface area contributed by atoms with Gasteiger partial charge in [-0.05, 0) is 56.0 Å². The van der Waals surface area contributed by atoms with Crippen LogP contribution in [-0.4, -0.2) is 37.0 Å². The Kier molecular flexibility index (Phi) is 3.19. The van der Waals surface area contributed by atoms with E-state index < -0.39 is 0 Å². The number of nitriles is 1. The molecule has 4 rings (SSSR count). The van der Waals surface area contributed by atoms with Crippen LogP contribution < -0.4 is 4.90 Å². The summed E-state index contributed by atoms with van der Waals surface area (Å²) in [6, 6.07) is 9.50. The van der Waals surface area contributed by atoms with Crippen molar-refractivity contribution in [1.29, 1.82) is 5.26 Å². The molecule has 1 spiro atoms. The number of rotatable bonds is 3. The Morgan fingerprint density at radius 3 is 2.68 bits per heavy atom. The number of amides is 1. The van der Waals surface area contributed by atoms with Crippen LogP contribution in [0.3, 0.4) is 0 Å². The summed E-state index contributed by atoms with van der Waals surface area (Å²) in [5, 5.41) is 8.88. The average Bonchev–Trinajstić information content (AvgIpc) is 3.17. The normalized spacial score (nSPS) is 28.5. The third-order valence-corrected chi connectivity index (χ3v) is 5.36. The maximum atomic E-state index is 12.5. The first kappa shape index (κ1) is 13.8. The fourth-order valence-corrected chi connectivity index (χ4v) is 3.97. The van der Waals surface area contributed by atoms with Gasteiger partial charge in [-0.1, -0.05) is 0 Å². The topological polar surface area (TPSA) is 47.3 Å². The van der Waals surface area contributed by atoms with E-state index in [1.54, 1.807) is 12.1 Å². The summed E-state index contributed by atoms with van der Waals surface area (Å²) < 4.78 is 0. The van der Waals surface area contributed by atoms with Crippen molar-refractivity contribution < 1.29 is 4.79 Å². The van der Waals surface area contributed by atoms with Crippen molar-refractivity contribution >= 4 is 11.6 Å². The van der Waals surface area contributed by atoms with E-state index in [2.05, 4.69) is 11.0 Å². The number of carbonyl (C=O) groups is 1. The van der Waals surface area contributed by atoms with Gasteiger partial charge >= 0.3 is 0 Å². The summed E-state index contributed by atoms with van der Waals surface area (Å²) in [5.41, 5.74) is 1.72. The lowest BCUT2D eigenvalue weighted by Gasteiger charge is -2.24. The zero-order valence-electron chi connectivity index (χ0n) is 12.8. The number of hydrogen-bond acceptors (Lipinski definition) is 3. The number of nitrogens with zero attached hydrogens (tertiary/aromatic N) is 3. The van der Waals surface area contributed by atoms with Crippen LogP contribution in [0.25, 0.3) is 0 Å². The molecule has 0 unspecified atom stereocenters. The van der Waals surface area contributed by atoms with Gasteiger partial charge < -0.3 is 9.80 Å². The average molecular weight is 295 g/mol. The van der Waals surface area contributed by atoms with Crippen LogP contribution in [0.4, 0.5) is 5.69 Å². The van der Waals surface area contributed by atoms with Gasteiger partial charge in [0.2, 0.25) is 5.91 Å². The van der Waals surface area contributed by atoms with Gasteiger partial charge in [0.25, 0.3) is 0 Å². The molecule has 2 aliphatic heterocycles. The molecule has 2 heterocycles. The van der Waals surface area contributed by atoms with Crippen molar-refractivity contribution in [3.05, 3.63) is 29.8 Å². The fourth-order valence-electron chi connectivity index (χ4n) is 3.97. The van der Waals surface area contributed by atoms with E-state index in [1.807, 2.05) is 17.0 Å². The van der Waals surface area contributed by atoms with Gasteiger partial charge in [0, 0.05) is 37.2 Å². The molecule has 114 valence electrons. The van der Waals surface area contributed by atoms with Gasteiger partial charge in [0.05, 0.1) is 11.6 Å². The summed E-state index contributed by atoms with van der Waals surface area (Å²) in [5.74, 6) is 1.15. The van der Waals surface area contributed by atoms with Crippen LogP contribution in [0, 0.1) is 22.7 Å². The molecular weight excluding hydrogens is 274 g/mol. The molecule has 0 N–H and O–H groups in total. The van der Waals surface area contributed by atoms with E-state index in [-0.39, 0.29) is 11.3 Å². The molecule has 1 amide bonds. The molecule has 3 aliphatic rings. The minimum Gasteiger partial charge on any atom is -0.312 e. The standard InChI is InChI=1S/C18H21N3O/c19-10-14-3-5-16(6-4-14)21-13-18(9-17(21)22)7-8-20(12-18)11-15-1-2-15/h3-6,15H,1-2,7-9,11-13H2/t18-/m0/s1. The Morgan fingerprint density at radius 1 is 1.23 bits per heavy atom. The second kappa shape index (κ2) is 5.10. The van der Waals surface area contributed by atoms with Crippen molar-refractivity contribution in [2.75, 3.05) is 31.1 Å². The summed E-state index contributed by atoms with van der Waals surface area (Å²) in [6.45, 7) is 4.28. The smallest absolute Gasteiger partial charge is 0.227 e. The predicted molar refractivity (Wildman–Crippen MR) is 84.3 cm³/mol. The van der Waals surface area contributed by atoms with Gasteiger partial charge in [-0.25, -0.2) is 0 Å². The van der Waals surface area contributed by atoms with E-state index in [9.17, 15) is 4.79 Å². The first-order chi connectivity index (χ1) is 10.7.